The molecule has 0 aliphatic carbocycles. The Bertz CT molecular complexity index is 1580. The molecule has 4 aromatic rings. The molecule has 2 atom stereocenters. The standard InChI is InChI=1S/C27H28ClFN4O3S/c1-4-32-10-6-23(21(29)15-32)36-25-16(2)11-17(28)12-20(25)19-5-8-30-22-13-18(37-26(19)22)14-33-24(34)7-9-31(3)27(33)35/h5,7-9,11-13,21,23H,4,6,10,14-15H2,1-3H3/t21-,23-/m0/s1. The van der Waals surface area contributed by atoms with E-state index < -0.39 is 12.3 Å². The van der Waals surface area contributed by atoms with Gasteiger partial charge in [0.15, 0.2) is 0 Å². The van der Waals surface area contributed by atoms with Crippen LogP contribution in [0.3, 0.4) is 0 Å². The lowest BCUT2D eigenvalue weighted by Crippen LogP contribution is -2.46. The van der Waals surface area contributed by atoms with Crippen molar-refractivity contribution in [2.24, 2.45) is 7.05 Å². The van der Waals surface area contributed by atoms with Crippen molar-refractivity contribution >= 4 is 33.2 Å². The third kappa shape index (κ3) is 5.08. The Morgan fingerprint density at radius 3 is 2.78 bits per heavy atom. The summed E-state index contributed by atoms with van der Waals surface area (Å²) in [4.78, 5) is 32.3. The van der Waals surface area contributed by atoms with Gasteiger partial charge in [0.2, 0.25) is 0 Å². The maximum absolute atomic E-state index is 15.0. The van der Waals surface area contributed by atoms with Crippen LogP contribution in [0.2, 0.25) is 5.02 Å². The van der Waals surface area contributed by atoms with Gasteiger partial charge in [-0.2, -0.15) is 0 Å². The van der Waals surface area contributed by atoms with Crippen LogP contribution >= 0.6 is 22.9 Å². The molecule has 4 heterocycles. The molecule has 0 saturated carbocycles. The maximum atomic E-state index is 15.0. The molecular weight excluding hydrogens is 515 g/mol. The third-order valence-corrected chi connectivity index (χ3v) is 8.19. The van der Waals surface area contributed by atoms with Gasteiger partial charge in [-0.25, -0.2) is 9.18 Å². The Balaban J connectivity index is 1.55. The molecule has 0 unspecified atom stereocenters. The number of rotatable bonds is 6. The number of benzene rings is 1. The van der Waals surface area contributed by atoms with Gasteiger partial charge >= 0.3 is 5.69 Å². The number of halogens is 2. The first kappa shape index (κ1) is 25.6. The van der Waals surface area contributed by atoms with Crippen molar-refractivity contribution in [1.29, 1.82) is 0 Å². The minimum atomic E-state index is -1.09. The highest BCUT2D eigenvalue weighted by Gasteiger charge is 2.31. The molecule has 37 heavy (non-hydrogen) atoms. The van der Waals surface area contributed by atoms with Gasteiger partial charge in [-0.1, -0.05) is 18.5 Å². The van der Waals surface area contributed by atoms with Crippen LogP contribution in [0, 0.1) is 6.92 Å². The number of fused-ring (bicyclic) bond motifs is 1. The number of aryl methyl sites for hydroxylation is 2. The predicted octanol–water partition coefficient (Wildman–Crippen LogP) is 4.64. The number of nitrogens with zero attached hydrogens (tertiary/aromatic N) is 4. The quantitative estimate of drug-likeness (QED) is 0.355. The van der Waals surface area contributed by atoms with Gasteiger partial charge in [0, 0.05) is 59.6 Å². The van der Waals surface area contributed by atoms with Crippen molar-refractivity contribution < 1.29 is 9.13 Å². The van der Waals surface area contributed by atoms with Gasteiger partial charge in [-0.15, -0.1) is 11.3 Å². The predicted molar refractivity (Wildman–Crippen MR) is 146 cm³/mol. The third-order valence-electron chi connectivity index (χ3n) is 6.83. The van der Waals surface area contributed by atoms with Crippen molar-refractivity contribution in [2.45, 2.75) is 39.1 Å². The highest BCUT2D eigenvalue weighted by atomic mass is 35.5. The summed E-state index contributed by atoms with van der Waals surface area (Å²) in [5, 5.41) is 0.554. The molecule has 0 bridgehead atoms. The molecule has 0 N–H and O–H groups in total. The van der Waals surface area contributed by atoms with Crippen LogP contribution in [0.1, 0.15) is 23.8 Å². The van der Waals surface area contributed by atoms with E-state index in [0.29, 0.717) is 23.7 Å². The zero-order chi connectivity index (χ0) is 26.3. The number of ether oxygens (including phenoxy) is 1. The van der Waals surface area contributed by atoms with Crippen LogP contribution in [0.4, 0.5) is 4.39 Å². The van der Waals surface area contributed by atoms with Crippen LogP contribution in [0.5, 0.6) is 5.75 Å². The molecule has 1 aromatic carbocycles. The summed E-state index contributed by atoms with van der Waals surface area (Å²) in [5.74, 6) is 0.609. The van der Waals surface area contributed by atoms with E-state index in [-0.39, 0.29) is 17.8 Å². The number of pyridine rings is 1. The van der Waals surface area contributed by atoms with E-state index in [1.54, 1.807) is 13.2 Å². The molecular formula is C27H28ClFN4O3S. The smallest absolute Gasteiger partial charge is 0.331 e. The van der Waals surface area contributed by atoms with Gasteiger partial charge in [0.25, 0.3) is 5.56 Å². The van der Waals surface area contributed by atoms with E-state index in [2.05, 4.69) is 9.88 Å². The van der Waals surface area contributed by atoms with Crippen LogP contribution in [0.15, 0.2) is 52.3 Å². The van der Waals surface area contributed by atoms with E-state index in [1.165, 1.54) is 32.7 Å². The normalized spacial score (nSPS) is 18.4. The topological polar surface area (TPSA) is 69.4 Å². The second-order valence-electron chi connectivity index (χ2n) is 9.37. The molecule has 1 aliphatic heterocycles. The highest BCUT2D eigenvalue weighted by molar-refractivity contribution is 7.19. The largest absolute Gasteiger partial charge is 0.486 e. The lowest BCUT2D eigenvalue weighted by molar-refractivity contribution is 0.0239. The summed E-state index contributed by atoms with van der Waals surface area (Å²) in [5.41, 5.74) is 2.45. The molecule has 7 nitrogen and oxygen atoms in total. The van der Waals surface area contributed by atoms with Crippen molar-refractivity contribution in [2.75, 3.05) is 19.6 Å². The number of alkyl halides is 1. The second-order valence-corrected chi connectivity index (χ2v) is 10.9. The lowest BCUT2D eigenvalue weighted by atomic mass is 10.0. The van der Waals surface area contributed by atoms with Gasteiger partial charge in [-0.3, -0.25) is 14.3 Å². The summed E-state index contributed by atoms with van der Waals surface area (Å²) >= 11 is 7.93. The molecule has 0 radical (unpaired) electrons. The molecule has 5 rings (SSSR count). The fourth-order valence-corrected chi connectivity index (χ4v) is 6.20. The molecule has 194 valence electrons. The first-order valence-corrected chi connectivity index (χ1v) is 13.4. The van der Waals surface area contributed by atoms with Gasteiger partial charge in [-0.05, 0) is 49.7 Å². The van der Waals surface area contributed by atoms with Gasteiger partial charge < -0.3 is 14.2 Å². The SMILES string of the molecule is CCN1CC[C@H](Oc2c(C)cc(Cl)cc2-c2ccnc3cc(Cn4c(=O)ccn(C)c4=O)sc23)[C@@H](F)C1. The molecule has 0 spiro atoms. The molecule has 1 saturated heterocycles. The number of aromatic nitrogens is 3. The second kappa shape index (κ2) is 10.4. The minimum Gasteiger partial charge on any atom is -0.486 e. The van der Waals surface area contributed by atoms with E-state index in [1.807, 2.05) is 38.1 Å². The minimum absolute atomic E-state index is 0.143. The monoisotopic (exact) mass is 542 g/mol. The Morgan fingerprint density at radius 2 is 2.03 bits per heavy atom. The van der Waals surface area contributed by atoms with Gasteiger partial charge in [0.05, 0.1) is 16.8 Å². The summed E-state index contributed by atoms with van der Waals surface area (Å²) in [6.07, 6.45) is 2.14. The van der Waals surface area contributed by atoms with Crippen LogP contribution in [-0.4, -0.2) is 50.9 Å². The Hall–Kier alpha value is -3.01. The van der Waals surface area contributed by atoms with Gasteiger partial charge in [0.1, 0.15) is 18.0 Å². The first-order chi connectivity index (χ1) is 17.7. The first-order valence-electron chi connectivity index (χ1n) is 12.2. The Morgan fingerprint density at radius 1 is 1.22 bits per heavy atom. The number of hydrogen-bond donors (Lipinski definition) is 0. The number of likely N-dealkylation sites (tertiary alicyclic amines) is 1. The average molecular weight is 543 g/mol. The van der Waals surface area contributed by atoms with Crippen LogP contribution < -0.4 is 16.0 Å². The fraction of sp³-hybridized carbons (Fsp3) is 0.370. The maximum Gasteiger partial charge on any atom is 0.331 e. The van der Waals surface area contributed by atoms with E-state index in [4.69, 9.17) is 16.3 Å². The van der Waals surface area contributed by atoms with Crippen molar-refractivity contribution in [3.63, 3.8) is 0 Å². The molecule has 1 aliphatic rings. The molecule has 3 aromatic heterocycles. The number of thiophene rings is 1. The van der Waals surface area contributed by atoms with E-state index >= 15 is 4.39 Å². The molecule has 0 amide bonds. The molecule has 10 heteroatoms. The fourth-order valence-electron chi connectivity index (χ4n) is 4.80. The lowest BCUT2D eigenvalue weighted by Gasteiger charge is -2.34. The number of hydrogen-bond acceptors (Lipinski definition) is 6. The summed E-state index contributed by atoms with van der Waals surface area (Å²) in [6.45, 7) is 6.05. The van der Waals surface area contributed by atoms with Crippen molar-refractivity contribution in [1.82, 2.24) is 19.0 Å². The van der Waals surface area contributed by atoms with Crippen LogP contribution in [0.25, 0.3) is 21.3 Å². The zero-order valence-corrected chi connectivity index (χ0v) is 22.5. The van der Waals surface area contributed by atoms with E-state index in [0.717, 1.165) is 44.9 Å². The zero-order valence-electron chi connectivity index (χ0n) is 20.9. The average Bonchev–Trinajstić information content (AvgIpc) is 3.29. The Labute approximate surface area is 222 Å². The summed E-state index contributed by atoms with van der Waals surface area (Å²) in [6, 6.07) is 8.81. The summed E-state index contributed by atoms with van der Waals surface area (Å²) in [7, 11) is 1.61. The number of piperidine rings is 1. The van der Waals surface area contributed by atoms with Crippen LogP contribution in [-0.2, 0) is 13.6 Å². The van der Waals surface area contributed by atoms with E-state index in [9.17, 15) is 9.59 Å². The highest BCUT2D eigenvalue weighted by Crippen LogP contribution is 2.42. The van der Waals surface area contributed by atoms with Crippen molar-refractivity contribution in [3.05, 3.63) is 79.0 Å². The molecule has 1 fully saturated rings. The van der Waals surface area contributed by atoms with Crippen molar-refractivity contribution in [3.8, 4) is 16.9 Å². The summed E-state index contributed by atoms with van der Waals surface area (Å²) < 4.78 is 24.8. The Kier molecular flexibility index (Phi) is 7.20.